The largest absolute Gasteiger partial charge is 0.384 e. The smallest absolute Gasteiger partial charge is 0.0974 e. The quantitative estimate of drug-likeness (QED) is 0.641. The monoisotopic (exact) mass is 306 g/mol. The summed E-state index contributed by atoms with van der Waals surface area (Å²) >= 11 is 0. The van der Waals surface area contributed by atoms with Gasteiger partial charge >= 0.3 is 0 Å². The van der Waals surface area contributed by atoms with E-state index in [1.165, 1.54) is 16.7 Å². The Morgan fingerprint density at radius 2 is 1.70 bits per heavy atom. The van der Waals surface area contributed by atoms with E-state index < -0.39 is 6.10 Å². The molecule has 120 valence electrons. The minimum Gasteiger partial charge on any atom is -0.384 e. The van der Waals surface area contributed by atoms with Crippen LogP contribution in [0.3, 0.4) is 0 Å². The molecule has 0 aromatic heterocycles. The van der Waals surface area contributed by atoms with Crippen LogP contribution in [0.1, 0.15) is 45.3 Å². The number of allylic oxidation sites excluding steroid dienone is 3. The van der Waals surface area contributed by atoms with Crippen LogP contribution in [0.25, 0.3) is 11.1 Å². The van der Waals surface area contributed by atoms with Crippen LogP contribution >= 0.6 is 0 Å². The predicted octanol–water partition coefficient (Wildman–Crippen LogP) is 6.08. The minimum absolute atomic E-state index is 0.556. The average molecular weight is 306 g/mol. The standard InChI is InChI=1S/C22H26O/c1-4-18(14-13-17(2)3)15-22(23)21-12-8-11-20(16-21)19-9-6-5-7-10-19/h5-13,15-16,22-23H,4,14H2,1-3H3. The summed E-state index contributed by atoms with van der Waals surface area (Å²) in [5.74, 6) is 0. The van der Waals surface area contributed by atoms with Gasteiger partial charge in [0.15, 0.2) is 0 Å². The van der Waals surface area contributed by atoms with Crippen molar-refractivity contribution in [2.45, 2.75) is 39.7 Å². The molecule has 2 rings (SSSR count). The number of hydrogen-bond acceptors (Lipinski definition) is 1. The lowest BCUT2D eigenvalue weighted by Crippen LogP contribution is -1.96. The maximum Gasteiger partial charge on any atom is 0.0974 e. The second-order valence-corrected chi connectivity index (χ2v) is 6.10. The van der Waals surface area contributed by atoms with Gasteiger partial charge in [0.05, 0.1) is 6.10 Å². The Labute approximate surface area is 140 Å². The van der Waals surface area contributed by atoms with Gasteiger partial charge in [-0.15, -0.1) is 0 Å². The summed E-state index contributed by atoms with van der Waals surface area (Å²) in [7, 11) is 0. The van der Waals surface area contributed by atoms with Crippen molar-refractivity contribution in [1.29, 1.82) is 0 Å². The Balaban J connectivity index is 2.22. The van der Waals surface area contributed by atoms with Gasteiger partial charge in [-0.1, -0.05) is 78.8 Å². The van der Waals surface area contributed by atoms with Crippen molar-refractivity contribution in [2.24, 2.45) is 0 Å². The molecule has 0 saturated carbocycles. The predicted molar refractivity (Wildman–Crippen MR) is 99.3 cm³/mol. The molecule has 1 nitrogen and oxygen atoms in total. The van der Waals surface area contributed by atoms with E-state index in [1.54, 1.807) is 0 Å². The van der Waals surface area contributed by atoms with Crippen LogP contribution in [0.15, 0.2) is 77.9 Å². The van der Waals surface area contributed by atoms with Gasteiger partial charge in [0.25, 0.3) is 0 Å². The zero-order valence-corrected chi connectivity index (χ0v) is 14.3. The van der Waals surface area contributed by atoms with Crippen molar-refractivity contribution in [3.05, 3.63) is 83.5 Å². The lowest BCUT2D eigenvalue weighted by molar-refractivity contribution is 0.227. The van der Waals surface area contributed by atoms with Crippen molar-refractivity contribution in [1.82, 2.24) is 0 Å². The molecule has 0 bridgehead atoms. The van der Waals surface area contributed by atoms with Crippen LogP contribution in [0.4, 0.5) is 0 Å². The highest BCUT2D eigenvalue weighted by atomic mass is 16.3. The second kappa shape index (κ2) is 8.50. The molecule has 23 heavy (non-hydrogen) atoms. The van der Waals surface area contributed by atoms with E-state index in [2.05, 4.69) is 51.1 Å². The van der Waals surface area contributed by atoms with E-state index in [-0.39, 0.29) is 0 Å². The molecule has 0 aliphatic heterocycles. The molecule has 0 aliphatic rings. The van der Waals surface area contributed by atoms with Crippen molar-refractivity contribution >= 4 is 0 Å². The summed E-state index contributed by atoms with van der Waals surface area (Å²) in [6, 6.07) is 18.4. The number of aliphatic hydroxyl groups excluding tert-OH is 1. The van der Waals surface area contributed by atoms with Crippen LogP contribution < -0.4 is 0 Å². The van der Waals surface area contributed by atoms with Crippen LogP contribution in [0.2, 0.25) is 0 Å². The van der Waals surface area contributed by atoms with Crippen LogP contribution in [-0.4, -0.2) is 5.11 Å². The van der Waals surface area contributed by atoms with Gasteiger partial charge in [-0.2, -0.15) is 0 Å². The fraction of sp³-hybridized carbons (Fsp3) is 0.273. The molecule has 1 atom stereocenters. The Hall–Kier alpha value is -2.12. The second-order valence-electron chi connectivity index (χ2n) is 6.10. The normalized spacial score (nSPS) is 12.8. The molecule has 0 spiro atoms. The van der Waals surface area contributed by atoms with Crippen molar-refractivity contribution in [2.75, 3.05) is 0 Å². The maximum absolute atomic E-state index is 10.6. The van der Waals surface area contributed by atoms with Crippen molar-refractivity contribution in [3.63, 3.8) is 0 Å². The fourth-order valence-electron chi connectivity index (χ4n) is 2.52. The zero-order chi connectivity index (χ0) is 16.7. The molecule has 0 heterocycles. The molecule has 2 aromatic rings. The summed E-state index contributed by atoms with van der Waals surface area (Å²) in [5.41, 5.74) is 5.83. The Morgan fingerprint density at radius 1 is 1.00 bits per heavy atom. The molecule has 0 fully saturated rings. The van der Waals surface area contributed by atoms with Gasteiger partial charge < -0.3 is 5.11 Å². The van der Waals surface area contributed by atoms with E-state index in [0.29, 0.717) is 0 Å². The first-order chi connectivity index (χ1) is 11.1. The minimum atomic E-state index is -0.556. The Kier molecular flexibility index (Phi) is 6.37. The maximum atomic E-state index is 10.6. The number of hydrogen-bond donors (Lipinski definition) is 1. The van der Waals surface area contributed by atoms with E-state index in [1.807, 2.05) is 36.4 Å². The van der Waals surface area contributed by atoms with E-state index in [0.717, 1.165) is 24.0 Å². The Morgan fingerprint density at radius 3 is 2.35 bits per heavy atom. The first-order valence-corrected chi connectivity index (χ1v) is 8.26. The molecule has 2 aromatic carbocycles. The summed E-state index contributed by atoms with van der Waals surface area (Å²) in [6.45, 7) is 6.35. The molecule has 1 N–H and O–H groups in total. The third-order valence-corrected chi connectivity index (χ3v) is 3.96. The van der Waals surface area contributed by atoms with Gasteiger partial charge in [-0.25, -0.2) is 0 Å². The van der Waals surface area contributed by atoms with Gasteiger partial charge in [0.2, 0.25) is 0 Å². The van der Waals surface area contributed by atoms with Crippen molar-refractivity contribution in [3.8, 4) is 11.1 Å². The summed E-state index contributed by atoms with van der Waals surface area (Å²) in [6.07, 6.45) is 5.51. The van der Waals surface area contributed by atoms with Gasteiger partial charge in [0, 0.05) is 0 Å². The number of aliphatic hydroxyl groups is 1. The molecule has 0 amide bonds. The molecular formula is C22H26O. The zero-order valence-electron chi connectivity index (χ0n) is 14.3. The first-order valence-electron chi connectivity index (χ1n) is 8.26. The molecule has 0 aliphatic carbocycles. The van der Waals surface area contributed by atoms with Gasteiger partial charge in [-0.05, 0) is 49.4 Å². The van der Waals surface area contributed by atoms with E-state index in [4.69, 9.17) is 0 Å². The highest BCUT2D eigenvalue weighted by Crippen LogP contribution is 2.25. The molecule has 1 heteroatoms. The molecule has 1 unspecified atom stereocenters. The number of rotatable bonds is 6. The van der Waals surface area contributed by atoms with E-state index in [9.17, 15) is 5.11 Å². The third-order valence-electron chi connectivity index (χ3n) is 3.96. The van der Waals surface area contributed by atoms with Gasteiger partial charge in [-0.3, -0.25) is 0 Å². The van der Waals surface area contributed by atoms with Gasteiger partial charge in [0.1, 0.15) is 0 Å². The average Bonchev–Trinajstić information content (AvgIpc) is 2.59. The highest BCUT2D eigenvalue weighted by molar-refractivity contribution is 5.64. The van der Waals surface area contributed by atoms with Crippen LogP contribution in [0.5, 0.6) is 0 Å². The summed E-state index contributed by atoms with van der Waals surface area (Å²) < 4.78 is 0. The van der Waals surface area contributed by atoms with Crippen LogP contribution in [-0.2, 0) is 0 Å². The third kappa shape index (κ3) is 5.22. The summed E-state index contributed by atoms with van der Waals surface area (Å²) in [4.78, 5) is 0. The lowest BCUT2D eigenvalue weighted by atomic mass is 9.98. The lowest BCUT2D eigenvalue weighted by Gasteiger charge is -2.11. The SMILES string of the molecule is CCC(=CC(O)c1cccc(-c2ccccc2)c1)CC=C(C)C. The Bertz CT molecular complexity index is 676. The van der Waals surface area contributed by atoms with Crippen LogP contribution in [0, 0.1) is 0 Å². The summed E-state index contributed by atoms with van der Waals surface area (Å²) in [5, 5.41) is 10.6. The molecule has 0 saturated heterocycles. The van der Waals surface area contributed by atoms with E-state index >= 15 is 0 Å². The van der Waals surface area contributed by atoms with Crippen molar-refractivity contribution < 1.29 is 5.11 Å². The topological polar surface area (TPSA) is 20.2 Å². The molecular weight excluding hydrogens is 280 g/mol. The number of benzene rings is 2. The first kappa shape index (κ1) is 17.2. The highest BCUT2D eigenvalue weighted by Gasteiger charge is 2.07. The molecule has 0 radical (unpaired) electrons. The fourth-order valence-corrected chi connectivity index (χ4v) is 2.52.